The van der Waals surface area contributed by atoms with Crippen molar-refractivity contribution in [2.45, 2.75) is 19.5 Å². The molecule has 2 heteroatoms. The third kappa shape index (κ3) is 3.37. The van der Waals surface area contributed by atoms with Gasteiger partial charge in [0.2, 0.25) is 0 Å². The SMILES string of the molecule is CC(C)(F)CNc1ccccc1. The summed E-state index contributed by atoms with van der Waals surface area (Å²) < 4.78 is 13.0. The normalized spacial score (nSPS) is 11.2. The van der Waals surface area contributed by atoms with Crippen molar-refractivity contribution < 1.29 is 4.39 Å². The first-order valence-corrected chi connectivity index (χ1v) is 4.06. The van der Waals surface area contributed by atoms with Gasteiger partial charge in [-0.3, -0.25) is 0 Å². The number of alkyl halides is 1. The monoisotopic (exact) mass is 167 g/mol. The minimum Gasteiger partial charge on any atom is -0.382 e. The molecule has 1 rings (SSSR count). The van der Waals surface area contributed by atoms with E-state index in [2.05, 4.69) is 5.32 Å². The lowest BCUT2D eigenvalue weighted by molar-refractivity contribution is 0.235. The number of nitrogens with one attached hydrogen (secondary N) is 1. The van der Waals surface area contributed by atoms with Crippen molar-refractivity contribution in [1.29, 1.82) is 0 Å². The molecule has 0 saturated heterocycles. The summed E-state index contributed by atoms with van der Waals surface area (Å²) in [7, 11) is 0. The second kappa shape index (κ2) is 3.57. The molecule has 0 saturated carbocycles. The quantitative estimate of drug-likeness (QED) is 0.730. The fourth-order valence-electron chi connectivity index (χ4n) is 0.868. The third-order valence-electron chi connectivity index (χ3n) is 1.49. The predicted molar refractivity (Wildman–Crippen MR) is 50.1 cm³/mol. The van der Waals surface area contributed by atoms with Gasteiger partial charge in [0.1, 0.15) is 5.67 Å². The van der Waals surface area contributed by atoms with Crippen LogP contribution >= 0.6 is 0 Å². The van der Waals surface area contributed by atoms with Crippen LogP contribution in [0.2, 0.25) is 0 Å². The summed E-state index contributed by atoms with van der Waals surface area (Å²) in [6, 6.07) is 9.63. The largest absolute Gasteiger partial charge is 0.382 e. The lowest BCUT2D eigenvalue weighted by atomic mass is 10.2. The molecule has 1 aromatic rings. The van der Waals surface area contributed by atoms with Crippen LogP contribution in [0.5, 0.6) is 0 Å². The standard InChI is InChI=1S/C10H14FN/c1-10(2,11)8-12-9-6-4-3-5-7-9/h3-7,12H,8H2,1-2H3. The summed E-state index contributed by atoms with van der Waals surface area (Å²) in [6.45, 7) is 3.46. The van der Waals surface area contributed by atoms with Crippen molar-refractivity contribution in [3.8, 4) is 0 Å². The zero-order chi connectivity index (χ0) is 9.03. The second-order valence-corrected chi connectivity index (χ2v) is 3.44. The lowest BCUT2D eigenvalue weighted by Gasteiger charge is -2.15. The minimum absolute atomic E-state index is 0.344. The molecule has 0 heterocycles. The number of anilines is 1. The zero-order valence-electron chi connectivity index (χ0n) is 7.47. The first kappa shape index (κ1) is 9.04. The first-order chi connectivity index (χ1) is 5.58. The van der Waals surface area contributed by atoms with E-state index in [-0.39, 0.29) is 0 Å². The fraction of sp³-hybridized carbons (Fsp3) is 0.400. The minimum atomic E-state index is -1.16. The molecule has 1 N–H and O–H groups in total. The molecule has 0 atom stereocenters. The van der Waals surface area contributed by atoms with Gasteiger partial charge in [0.05, 0.1) is 0 Å². The summed E-state index contributed by atoms with van der Waals surface area (Å²) in [4.78, 5) is 0. The highest BCUT2D eigenvalue weighted by Gasteiger charge is 2.13. The van der Waals surface area contributed by atoms with Gasteiger partial charge < -0.3 is 5.32 Å². The van der Waals surface area contributed by atoms with Crippen molar-refractivity contribution in [2.24, 2.45) is 0 Å². The Labute approximate surface area is 72.6 Å². The fourth-order valence-corrected chi connectivity index (χ4v) is 0.868. The first-order valence-electron chi connectivity index (χ1n) is 4.06. The van der Waals surface area contributed by atoms with E-state index in [1.165, 1.54) is 0 Å². The summed E-state index contributed by atoms with van der Waals surface area (Å²) in [5.41, 5.74) is -0.196. The molecule has 0 fully saturated rings. The predicted octanol–water partition coefficient (Wildman–Crippen LogP) is 2.85. The molecule has 0 aliphatic rings. The van der Waals surface area contributed by atoms with Gasteiger partial charge in [-0.1, -0.05) is 18.2 Å². The van der Waals surface area contributed by atoms with Gasteiger partial charge in [0.15, 0.2) is 0 Å². The Kier molecular flexibility index (Phi) is 2.69. The third-order valence-corrected chi connectivity index (χ3v) is 1.49. The molecule has 0 unspecified atom stereocenters. The van der Waals surface area contributed by atoms with Crippen molar-refractivity contribution in [2.75, 3.05) is 11.9 Å². The van der Waals surface area contributed by atoms with E-state index in [0.717, 1.165) is 5.69 Å². The van der Waals surface area contributed by atoms with Gasteiger partial charge >= 0.3 is 0 Å². The Bertz CT molecular complexity index is 225. The van der Waals surface area contributed by atoms with Crippen LogP contribution in [0.1, 0.15) is 13.8 Å². The Morgan fingerprint density at radius 3 is 2.33 bits per heavy atom. The van der Waals surface area contributed by atoms with E-state index in [1.807, 2.05) is 30.3 Å². The van der Waals surface area contributed by atoms with E-state index in [0.29, 0.717) is 6.54 Å². The number of hydrogen-bond donors (Lipinski definition) is 1. The van der Waals surface area contributed by atoms with Gasteiger partial charge in [0, 0.05) is 12.2 Å². The summed E-state index contributed by atoms with van der Waals surface area (Å²) in [5.74, 6) is 0. The maximum absolute atomic E-state index is 13.0. The molecular weight excluding hydrogens is 153 g/mol. The van der Waals surface area contributed by atoms with Crippen molar-refractivity contribution >= 4 is 5.69 Å². The summed E-state index contributed by atoms with van der Waals surface area (Å²) in [6.07, 6.45) is 0. The van der Waals surface area contributed by atoms with Crippen molar-refractivity contribution in [3.05, 3.63) is 30.3 Å². The second-order valence-electron chi connectivity index (χ2n) is 3.44. The number of rotatable bonds is 3. The molecule has 0 bridgehead atoms. The Hall–Kier alpha value is -1.05. The summed E-state index contributed by atoms with van der Waals surface area (Å²) in [5, 5.41) is 3.01. The highest BCUT2D eigenvalue weighted by molar-refractivity contribution is 5.42. The smallest absolute Gasteiger partial charge is 0.122 e. The maximum atomic E-state index is 13.0. The highest BCUT2D eigenvalue weighted by Crippen LogP contribution is 2.11. The van der Waals surface area contributed by atoms with E-state index in [1.54, 1.807) is 13.8 Å². The molecule has 0 aliphatic heterocycles. The summed E-state index contributed by atoms with van der Waals surface area (Å²) >= 11 is 0. The Morgan fingerprint density at radius 2 is 1.83 bits per heavy atom. The molecule has 12 heavy (non-hydrogen) atoms. The zero-order valence-corrected chi connectivity index (χ0v) is 7.47. The molecule has 0 spiro atoms. The van der Waals surface area contributed by atoms with Crippen LogP contribution in [0.15, 0.2) is 30.3 Å². The number of hydrogen-bond acceptors (Lipinski definition) is 1. The van der Waals surface area contributed by atoms with Crippen LogP contribution in [-0.2, 0) is 0 Å². The van der Waals surface area contributed by atoms with Crippen LogP contribution in [0, 0.1) is 0 Å². The van der Waals surface area contributed by atoms with Crippen molar-refractivity contribution in [1.82, 2.24) is 0 Å². The molecule has 0 aromatic heterocycles. The van der Waals surface area contributed by atoms with Crippen LogP contribution in [0.3, 0.4) is 0 Å². The van der Waals surface area contributed by atoms with Gasteiger partial charge in [-0.25, -0.2) is 4.39 Å². The van der Waals surface area contributed by atoms with Crippen LogP contribution in [0.4, 0.5) is 10.1 Å². The average Bonchev–Trinajstić information content (AvgIpc) is 2.02. The van der Waals surface area contributed by atoms with Gasteiger partial charge in [-0.05, 0) is 26.0 Å². The molecule has 1 nitrogen and oxygen atoms in total. The van der Waals surface area contributed by atoms with Crippen LogP contribution < -0.4 is 5.32 Å². The average molecular weight is 167 g/mol. The Morgan fingerprint density at radius 1 is 1.25 bits per heavy atom. The van der Waals surface area contributed by atoms with E-state index >= 15 is 0 Å². The number of para-hydroxylation sites is 1. The van der Waals surface area contributed by atoms with Gasteiger partial charge in [-0.2, -0.15) is 0 Å². The van der Waals surface area contributed by atoms with E-state index in [9.17, 15) is 4.39 Å². The molecule has 1 aromatic carbocycles. The van der Waals surface area contributed by atoms with E-state index < -0.39 is 5.67 Å². The van der Waals surface area contributed by atoms with E-state index in [4.69, 9.17) is 0 Å². The number of halogens is 1. The molecule has 0 amide bonds. The molecule has 0 radical (unpaired) electrons. The van der Waals surface area contributed by atoms with Gasteiger partial charge in [-0.15, -0.1) is 0 Å². The van der Waals surface area contributed by atoms with Gasteiger partial charge in [0.25, 0.3) is 0 Å². The number of benzene rings is 1. The molecule has 66 valence electrons. The molecular formula is C10H14FN. The maximum Gasteiger partial charge on any atom is 0.122 e. The van der Waals surface area contributed by atoms with Crippen LogP contribution in [-0.4, -0.2) is 12.2 Å². The van der Waals surface area contributed by atoms with Crippen molar-refractivity contribution in [3.63, 3.8) is 0 Å². The lowest BCUT2D eigenvalue weighted by Crippen LogP contribution is -2.24. The highest BCUT2D eigenvalue weighted by atomic mass is 19.1. The topological polar surface area (TPSA) is 12.0 Å². The molecule has 0 aliphatic carbocycles. The Balaban J connectivity index is 2.44. The van der Waals surface area contributed by atoms with Crippen LogP contribution in [0.25, 0.3) is 0 Å².